The van der Waals surface area contributed by atoms with E-state index < -0.39 is 11.7 Å². The Kier molecular flexibility index (Phi) is 6.47. The predicted molar refractivity (Wildman–Crippen MR) is 130 cm³/mol. The SMILES string of the molecule is CC(=O)N[C@H]1CC[C@H](Nc2cc(NC3CCC3)c3ncc(C(=O)Nc4ccncc4F)n3n2)CC1. The van der Waals surface area contributed by atoms with Crippen LogP contribution in [0.15, 0.2) is 30.7 Å². The zero-order valence-corrected chi connectivity index (χ0v) is 19.6. The quantitative estimate of drug-likeness (QED) is 0.409. The molecule has 2 aliphatic carbocycles. The number of imidazole rings is 1. The van der Waals surface area contributed by atoms with Gasteiger partial charge in [0, 0.05) is 37.3 Å². The van der Waals surface area contributed by atoms with Gasteiger partial charge in [-0.15, -0.1) is 5.10 Å². The van der Waals surface area contributed by atoms with Crippen molar-refractivity contribution < 1.29 is 14.0 Å². The van der Waals surface area contributed by atoms with Gasteiger partial charge in [-0.05, 0) is 51.0 Å². The van der Waals surface area contributed by atoms with Crippen LogP contribution in [0.4, 0.5) is 21.6 Å². The smallest absolute Gasteiger partial charge is 0.276 e. The maximum atomic E-state index is 14.0. The summed E-state index contributed by atoms with van der Waals surface area (Å²) >= 11 is 0. The molecule has 0 bridgehead atoms. The highest BCUT2D eigenvalue weighted by Crippen LogP contribution is 2.29. The van der Waals surface area contributed by atoms with E-state index in [2.05, 4.69) is 36.3 Å². The van der Waals surface area contributed by atoms with E-state index in [1.54, 1.807) is 6.92 Å². The summed E-state index contributed by atoms with van der Waals surface area (Å²) in [6.45, 7) is 1.54. The Balaban J connectivity index is 1.39. The van der Waals surface area contributed by atoms with Gasteiger partial charge in [0.25, 0.3) is 5.91 Å². The lowest BCUT2D eigenvalue weighted by Gasteiger charge is -2.30. The van der Waals surface area contributed by atoms with E-state index in [-0.39, 0.29) is 29.4 Å². The number of aromatic nitrogens is 4. The minimum Gasteiger partial charge on any atom is -0.379 e. The molecule has 35 heavy (non-hydrogen) atoms. The lowest BCUT2D eigenvalue weighted by Crippen LogP contribution is -2.39. The number of amides is 2. The summed E-state index contributed by atoms with van der Waals surface area (Å²) in [6, 6.07) is 4.10. The van der Waals surface area contributed by atoms with Gasteiger partial charge in [0.2, 0.25) is 5.91 Å². The Labute approximate surface area is 202 Å². The van der Waals surface area contributed by atoms with E-state index in [0.717, 1.165) is 50.4 Å². The third kappa shape index (κ3) is 5.18. The summed E-state index contributed by atoms with van der Waals surface area (Å²) < 4.78 is 15.5. The van der Waals surface area contributed by atoms with Gasteiger partial charge in [-0.2, -0.15) is 0 Å². The molecule has 184 valence electrons. The monoisotopic (exact) mass is 480 g/mol. The lowest BCUT2D eigenvalue weighted by atomic mass is 9.91. The molecule has 2 amide bonds. The van der Waals surface area contributed by atoms with Gasteiger partial charge in [0.1, 0.15) is 5.82 Å². The van der Waals surface area contributed by atoms with Crippen molar-refractivity contribution in [3.05, 3.63) is 42.2 Å². The first-order valence-electron chi connectivity index (χ1n) is 12.1. The fraction of sp³-hybridized carbons (Fsp3) is 0.458. The van der Waals surface area contributed by atoms with Gasteiger partial charge in [0.05, 0.1) is 23.8 Å². The Morgan fingerprint density at radius 2 is 1.74 bits per heavy atom. The van der Waals surface area contributed by atoms with Crippen molar-refractivity contribution in [2.45, 2.75) is 70.0 Å². The van der Waals surface area contributed by atoms with Crippen molar-refractivity contribution in [2.24, 2.45) is 0 Å². The molecular weight excluding hydrogens is 451 g/mol. The number of nitrogens with one attached hydrogen (secondary N) is 4. The van der Waals surface area contributed by atoms with Crippen molar-refractivity contribution in [2.75, 3.05) is 16.0 Å². The third-order valence-corrected chi connectivity index (χ3v) is 6.67. The fourth-order valence-corrected chi connectivity index (χ4v) is 4.61. The van der Waals surface area contributed by atoms with Crippen molar-refractivity contribution in [1.82, 2.24) is 24.9 Å². The number of hydrogen-bond acceptors (Lipinski definition) is 7. The fourth-order valence-electron chi connectivity index (χ4n) is 4.61. The van der Waals surface area contributed by atoms with Gasteiger partial charge in [-0.3, -0.25) is 14.6 Å². The molecule has 0 saturated heterocycles. The van der Waals surface area contributed by atoms with E-state index in [4.69, 9.17) is 0 Å². The molecular formula is C24H29FN8O2. The van der Waals surface area contributed by atoms with E-state index in [1.165, 1.54) is 29.4 Å². The Morgan fingerprint density at radius 1 is 1.00 bits per heavy atom. The molecule has 3 heterocycles. The molecule has 4 N–H and O–H groups in total. The molecule has 0 aromatic carbocycles. The number of fused-ring (bicyclic) bond motifs is 1. The molecule has 3 aromatic rings. The molecule has 0 unspecified atom stereocenters. The molecule has 0 aliphatic heterocycles. The molecule has 0 spiro atoms. The number of nitrogens with zero attached hydrogens (tertiary/aromatic N) is 4. The average molecular weight is 481 g/mol. The molecule has 5 rings (SSSR count). The molecule has 3 aromatic heterocycles. The predicted octanol–water partition coefficient (Wildman–Crippen LogP) is 3.34. The normalized spacial score (nSPS) is 20.2. The van der Waals surface area contributed by atoms with Crippen LogP contribution in [0.1, 0.15) is 62.4 Å². The second kappa shape index (κ2) is 9.85. The third-order valence-electron chi connectivity index (χ3n) is 6.67. The summed E-state index contributed by atoms with van der Waals surface area (Å²) in [4.78, 5) is 32.5. The van der Waals surface area contributed by atoms with Crippen LogP contribution < -0.4 is 21.3 Å². The molecule has 10 nitrogen and oxygen atoms in total. The Bertz CT molecular complexity index is 1230. The number of anilines is 3. The maximum Gasteiger partial charge on any atom is 0.276 e. The van der Waals surface area contributed by atoms with Gasteiger partial charge in [0.15, 0.2) is 17.2 Å². The zero-order valence-electron chi connectivity index (χ0n) is 19.6. The highest BCUT2D eigenvalue weighted by Gasteiger charge is 2.25. The summed E-state index contributed by atoms with van der Waals surface area (Å²) in [6.07, 6.45) is 10.8. The van der Waals surface area contributed by atoms with Crippen LogP contribution in [0, 0.1) is 5.82 Å². The lowest BCUT2D eigenvalue weighted by molar-refractivity contribution is -0.119. The van der Waals surface area contributed by atoms with Gasteiger partial charge < -0.3 is 21.3 Å². The van der Waals surface area contributed by atoms with Crippen LogP contribution in [0.5, 0.6) is 0 Å². The number of carbonyl (C=O) groups excluding carboxylic acids is 2. The molecule has 0 radical (unpaired) electrons. The van der Waals surface area contributed by atoms with Crippen molar-refractivity contribution in [3.63, 3.8) is 0 Å². The van der Waals surface area contributed by atoms with Gasteiger partial charge in [-0.1, -0.05) is 0 Å². The molecule has 2 aliphatic rings. The standard InChI is InChI=1S/C24H29FN8O2/c1-14(34)28-16-5-7-17(8-6-16)30-22-11-20(29-15-3-2-4-15)23-27-13-21(33(23)32-22)24(35)31-19-9-10-26-12-18(19)25/h9-13,15-17,29H,2-8H2,1H3,(H,28,34)(H,30,32)(H,26,31,35)/t16-,17-. The first kappa shape index (κ1) is 23.0. The van der Waals surface area contributed by atoms with Crippen LogP contribution in [0.2, 0.25) is 0 Å². The summed E-state index contributed by atoms with van der Waals surface area (Å²) in [5, 5.41) is 17.3. The molecule has 0 atom stereocenters. The highest BCUT2D eigenvalue weighted by molar-refractivity contribution is 6.03. The van der Waals surface area contributed by atoms with Crippen LogP contribution in [-0.2, 0) is 4.79 Å². The van der Waals surface area contributed by atoms with Gasteiger partial charge in [-0.25, -0.2) is 13.9 Å². The first-order chi connectivity index (χ1) is 17.0. The molecule has 2 saturated carbocycles. The van der Waals surface area contributed by atoms with E-state index >= 15 is 0 Å². The first-order valence-corrected chi connectivity index (χ1v) is 12.1. The van der Waals surface area contributed by atoms with E-state index in [1.807, 2.05) is 6.07 Å². The van der Waals surface area contributed by atoms with Gasteiger partial charge >= 0.3 is 0 Å². The summed E-state index contributed by atoms with van der Waals surface area (Å²) in [5.41, 5.74) is 1.58. The minimum absolute atomic E-state index is 0.00204. The van der Waals surface area contributed by atoms with Crippen LogP contribution in [0.25, 0.3) is 5.65 Å². The summed E-state index contributed by atoms with van der Waals surface area (Å²) in [5.74, 6) is -0.507. The number of halogens is 1. The Morgan fingerprint density at radius 3 is 2.43 bits per heavy atom. The second-order valence-electron chi connectivity index (χ2n) is 9.30. The van der Waals surface area contributed by atoms with E-state index in [0.29, 0.717) is 17.5 Å². The average Bonchev–Trinajstić information content (AvgIpc) is 3.23. The van der Waals surface area contributed by atoms with Crippen molar-refractivity contribution >= 4 is 34.7 Å². The maximum absolute atomic E-state index is 14.0. The van der Waals surface area contributed by atoms with Crippen LogP contribution in [-0.4, -0.2) is 49.5 Å². The largest absolute Gasteiger partial charge is 0.379 e. The minimum atomic E-state index is -0.618. The second-order valence-corrected chi connectivity index (χ2v) is 9.30. The van der Waals surface area contributed by atoms with Crippen molar-refractivity contribution in [1.29, 1.82) is 0 Å². The summed E-state index contributed by atoms with van der Waals surface area (Å²) in [7, 11) is 0. The highest BCUT2D eigenvalue weighted by atomic mass is 19.1. The number of pyridine rings is 1. The van der Waals surface area contributed by atoms with Crippen molar-refractivity contribution in [3.8, 4) is 0 Å². The molecule has 11 heteroatoms. The number of rotatable bonds is 7. The van der Waals surface area contributed by atoms with Crippen LogP contribution >= 0.6 is 0 Å². The topological polar surface area (TPSA) is 125 Å². The van der Waals surface area contributed by atoms with Crippen LogP contribution in [0.3, 0.4) is 0 Å². The molecule has 2 fully saturated rings. The number of carbonyl (C=O) groups is 2. The zero-order chi connectivity index (χ0) is 24.4. The number of hydrogen-bond donors (Lipinski definition) is 4. The Hall–Kier alpha value is -3.76. The van der Waals surface area contributed by atoms with E-state index in [9.17, 15) is 14.0 Å².